The molecule has 2 rings (SSSR count). The maximum absolute atomic E-state index is 13.2. The third kappa shape index (κ3) is 8.82. The summed E-state index contributed by atoms with van der Waals surface area (Å²) in [6, 6.07) is -1.15. The third-order valence-corrected chi connectivity index (χ3v) is 5.04. The van der Waals surface area contributed by atoms with Gasteiger partial charge in [-0.15, -0.1) is 0 Å². The van der Waals surface area contributed by atoms with Crippen LogP contribution in [0.25, 0.3) is 0 Å². The van der Waals surface area contributed by atoms with Gasteiger partial charge < -0.3 is 35.1 Å². The van der Waals surface area contributed by atoms with Crippen molar-refractivity contribution in [2.45, 2.75) is 110 Å². The van der Waals surface area contributed by atoms with Gasteiger partial charge in [-0.05, 0) is 69.2 Å². The number of amides is 1. The number of aromatic nitrogens is 2. The standard InChI is InChI=1S/C25H41N5O9/c1-12(36-19(33)16(37-23(2,3)4)20(34)38-24(5,6)7)15(31)13-11-27-17-14(18(32)29-21(26)28-17)30(13)22(35)39-25(8,9)10/h12-13,15-16,31H,11H2,1-10H3,(H4,26,27,28,29,32)/t12-,13+,15-,16?/m0/s1. The molecule has 5 N–H and O–H groups in total. The normalized spacial score (nSPS) is 18.2. The molecule has 1 aliphatic heterocycles. The van der Waals surface area contributed by atoms with E-state index in [1.165, 1.54) is 6.92 Å². The molecule has 14 nitrogen and oxygen atoms in total. The Morgan fingerprint density at radius 2 is 1.56 bits per heavy atom. The van der Waals surface area contributed by atoms with Gasteiger partial charge in [0.1, 0.15) is 23.4 Å². The molecule has 14 heteroatoms. The molecule has 0 fully saturated rings. The van der Waals surface area contributed by atoms with E-state index >= 15 is 0 Å². The number of H-pyrrole nitrogens is 1. The summed E-state index contributed by atoms with van der Waals surface area (Å²) in [4.78, 5) is 59.2. The number of nitrogens with two attached hydrogens (primary N) is 1. The lowest BCUT2D eigenvalue weighted by Gasteiger charge is -2.40. The van der Waals surface area contributed by atoms with Crippen LogP contribution in [0.1, 0.15) is 69.2 Å². The van der Waals surface area contributed by atoms with Gasteiger partial charge in [-0.2, -0.15) is 4.98 Å². The lowest BCUT2D eigenvalue weighted by atomic mass is 10.0. The number of fused-ring (bicyclic) bond motifs is 1. The first-order valence-electron chi connectivity index (χ1n) is 12.5. The highest BCUT2D eigenvalue weighted by Gasteiger charge is 2.44. The minimum atomic E-state index is -1.74. The van der Waals surface area contributed by atoms with E-state index in [-0.39, 0.29) is 24.0 Å². The molecule has 0 aliphatic carbocycles. The third-order valence-electron chi connectivity index (χ3n) is 5.04. The second kappa shape index (κ2) is 11.4. The summed E-state index contributed by atoms with van der Waals surface area (Å²) < 4.78 is 21.9. The predicted octanol–water partition coefficient (Wildman–Crippen LogP) is 1.71. The van der Waals surface area contributed by atoms with Gasteiger partial charge >= 0.3 is 18.0 Å². The zero-order valence-corrected chi connectivity index (χ0v) is 24.2. The Hall–Kier alpha value is -3.39. The van der Waals surface area contributed by atoms with Crippen molar-refractivity contribution in [2.24, 2.45) is 0 Å². The summed E-state index contributed by atoms with van der Waals surface area (Å²) in [7, 11) is 0. The smallest absolute Gasteiger partial charge is 0.415 e. The van der Waals surface area contributed by atoms with E-state index < -0.39 is 64.7 Å². The van der Waals surface area contributed by atoms with Crippen LogP contribution >= 0.6 is 0 Å². The molecular weight excluding hydrogens is 514 g/mol. The molecule has 0 saturated heterocycles. The number of carbonyl (C=O) groups excluding carboxylic acids is 3. The lowest BCUT2D eigenvalue weighted by Crippen LogP contribution is -2.59. The van der Waals surface area contributed by atoms with Crippen molar-refractivity contribution in [1.29, 1.82) is 0 Å². The highest BCUT2D eigenvalue weighted by molar-refractivity contribution is 5.98. The van der Waals surface area contributed by atoms with Crippen LogP contribution in [0.15, 0.2) is 4.79 Å². The molecule has 0 aromatic carbocycles. The van der Waals surface area contributed by atoms with Crippen LogP contribution in [0.5, 0.6) is 0 Å². The van der Waals surface area contributed by atoms with Crippen LogP contribution in [-0.4, -0.2) is 80.8 Å². The first kappa shape index (κ1) is 31.8. The van der Waals surface area contributed by atoms with Gasteiger partial charge in [0, 0.05) is 6.54 Å². The van der Waals surface area contributed by atoms with E-state index in [0.29, 0.717) is 0 Å². The Labute approximate surface area is 227 Å². The number of nitrogens with one attached hydrogen (secondary N) is 2. The first-order valence-corrected chi connectivity index (χ1v) is 12.5. The highest BCUT2D eigenvalue weighted by atomic mass is 16.6. The Bertz CT molecular complexity index is 1130. The predicted molar refractivity (Wildman–Crippen MR) is 142 cm³/mol. The van der Waals surface area contributed by atoms with Crippen LogP contribution in [0.2, 0.25) is 0 Å². The van der Waals surface area contributed by atoms with E-state index in [1.54, 1.807) is 62.3 Å². The van der Waals surface area contributed by atoms with E-state index in [1.807, 2.05) is 0 Å². The summed E-state index contributed by atoms with van der Waals surface area (Å²) in [6.45, 7) is 16.1. The maximum Gasteiger partial charge on any atom is 0.415 e. The fourth-order valence-electron chi connectivity index (χ4n) is 3.63. The average molecular weight is 556 g/mol. The largest absolute Gasteiger partial charge is 0.458 e. The molecule has 1 aromatic rings. The van der Waals surface area contributed by atoms with Crippen molar-refractivity contribution in [2.75, 3.05) is 22.5 Å². The van der Waals surface area contributed by atoms with Crippen LogP contribution in [-0.2, 0) is 28.5 Å². The van der Waals surface area contributed by atoms with E-state index in [9.17, 15) is 24.3 Å². The second-order valence-corrected chi connectivity index (χ2v) is 12.2. The van der Waals surface area contributed by atoms with E-state index in [0.717, 1.165) is 4.90 Å². The molecule has 4 atom stereocenters. The number of rotatable bonds is 6. The van der Waals surface area contributed by atoms with Gasteiger partial charge in [-0.3, -0.25) is 14.7 Å². The summed E-state index contributed by atoms with van der Waals surface area (Å²) in [6.07, 6.45) is -5.49. The van der Waals surface area contributed by atoms with Crippen LogP contribution in [0.4, 0.5) is 22.2 Å². The Balaban J connectivity index is 2.37. The van der Waals surface area contributed by atoms with Gasteiger partial charge in [0.2, 0.25) is 5.95 Å². The van der Waals surface area contributed by atoms with Crippen LogP contribution in [0, 0.1) is 0 Å². The number of nitrogen functional groups attached to an aromatic ring is 1. The van der Waals surface area contributed by atoms with E-state index in [4.69, 9.17) is 24.7 Å². The van der Waals surface area contributed by atoms with Crippen molar-refractivity contribution in [3.8, 4) is 0 Å². The first-order chi connectivity index (χ1) is 17.6. The molecule has 1 aliphatic rings. The number of ether oxygens (including phenoxy) is 4. The number of hydrogen-bond donors (Lipinski definition) is 4. The second-order valence-electron chi connectivity index (χ2n) is 12.2. The molecule has 0 radical (unpaired) electrons. The van der Waals surface area contributed by atoms with Gasteiger partial charge in [0.15, 0.2) is 11.5 Å². The summed E-state index contributed by atoms with van der Waals surface area (Å²) in [5, 5.41) is 14.1. The molecule has 0 bridgehead atoms. The molecule has 1 aromatic heterocycles. The van der Waals surface area contributed by atoms with Crippen molar-refractivity contribution in [1.82, 2.24) is 9.97 Å². The number of esters is 2. The molecule has 0 spiro atoms. The minimum absolute atomic E-state index is 0.0128. The molecule has 1 amide bonds. The molecule has 0 saturated carbocycles. The number of nitrogens with zero attached hydrogens (tertiary/aromatic N) is 2. The topological polar surface area (TPSA) is 195 Å². The fourth-order valence-corrected chi connectivity index (χ4v) is 3.63. The van der Waals surface area contributed by atoms with Crippen LogP contribution in [0.3, 0.4) is 0 Å². The summed E-state index contributed by atoms with van der Waals surface area (Å²) >= 11 is 0. The van der Waals surface area contributed by atoms with Gasteiger partial charge in [-0.1, -0.05) is 0 Å². The fraction of sp³-hybridized carbons (Fsp3) is 0.720. The number of anilines is 3. The molecule has 1 unspecified atom stereocenters. The minimum Gasteiger partial charge on any atom is -0.458 e. The number of aromatic amines is 1. The quantitative estimate of drug-likeness (QED) is 0.226. The maximum atomic E-state index is 13.2. The number of aliphatic hydroxyl groups excluding tert-OH is 1. The van der Waals surface area contributed by atoms with Crippen molar-refractivity contribution < 1.29 is 38.4 Å². The Morgan fingerprint density at radius 1 is 1.00 bits per heavy atom. The Kier molecular flexibility index (Phi) is 9.29. The van der Waals surface area contributed by atoms with Crippen molar-refractivity contribution in [3.05, 3.63) is 10.4 Å². The van der Waals surface area contributed by atoms with Gasteiger partial charge in [-0.25, -0.2) is 14.4 Å². The highest BCUT2D eigenvalue weighted by Crippen LogP contribution is 2.31. The van der Waals surface area contributed by atoms with E-state index in [2.05, 4.69) is 15.3 Å². The average Bonchev–Trinajstić information content (AvgIpc) is 2.72. The summed E-state index contributed by atoms with van der Waals surface area (Å²) in [5.74, 6) is -2.21. The number of aliphatic hydroxyl groups is 1. The number of hydrogen-bond acceptors (Lipinski definition) is 12. The lowest BCUT2D eigenvalue weighted by molar-refractivity contribution is -0.194. The van der Waals surface area contributed by atoms with Crippen molar-refractivity contribution in [3.63, 3.8) is 0 Å². The molecule has 220 valence electrons. The van der Waals surface area contributed by atoms with Crippen LogP contribution < -0.4 is 21.5 Å². The van der Waals surface area contributed by atoms with Gasteiger partial charge in [0.25, 0.3) is 11.7 Å². The van der Waals surface area contributed by atoms with Gasteiger partial charge in [0.05, 0.1) is 11.6 Å². The van der Waals surface area contributed by atoms with Crippen molar-refractivity contribution >= 4 is 35.5 Å². The zero-order chi connectivity index (χ0) is 30.1. The Morgan fingerprint density at radius 3 is 2.08 bits per heavy atom. The SMILES string of the molecule is C[C@H](OC(=O)C(OC(C)(C)C)C(=O)OC(C)(C)C)[C@H](O)[C@H]1CNc2nc(N)[nH]c(=O)c2N1C(=O)OC(C)(C)C. The monoisotopic (exact) mass is 555 g/mol. The zero-order valence-electron chi connectivity index (χ0n) is 24.2. The number of carbonyl (C=O) groups is 3. The summed E-state index contributed by atoms with van der Waals surface area (Å²) in [5.41, 5.74) is 1.91. The molecule has 2 heterocycles. The molecule has 39 heavy (non-hydrogen) atoms. The molecular formula is C25H41N5O9.